The van der Waals surface area contributed by atoms with Crippen LogP contribution in [0.2, 0.25) is 0 Å². The lowest BCUT2D eigenvalue weighted by Crippen LogP contribution is -2.40. The normalized spacial score (nSPS) is 16.8. The van der Waals surface area contributed by atoms with E-state index in [1.54, 1.807) is 31.8 Å². The van der Waals surface area contributed by atoms with Crippen LogP contribution < -0.4 is 15.0 Å². The molecule has 0 spiro atoms. The number of ether oxygens (including phenoxy) is 3. The molecular formula is C20H24N2O5. The number of nitrogens with zero attached hydrogens (tertiary/aromatic N) is 1. The molecule has 0 bridgehead atoms. The van der Waals surface area contributed by atoms with E-state index in [1.807, 2.05) is 30.3 Å². The third-order valence-corrected chi connectivity index (χ3v) is 4.66. The van der Waals surface area contributed by atoms with E-state index >= 15 is 0 Å². The molecule has 0 saturated heterocycles. The van der Waals surface area contributed by atoms with Crippen molar-refractivity contribution < 1.29 is 24.2 Å². The molecule has 2 aromatic rings. The molecule has 3 rings (SSSR count). The minimum Gasteiger partial charge on any atom is -0.497 e. The number of benzene rings is 2. The summed E-state index contributed by atoms with van der Waals surface area (Å²) in [6.45, 7) is 2.38. The van der Waals surface area contributed by atoms with Crippen LogP contribution in [0.25, 0.3) is 0 Å². The van der Waals surface area contributed by atoms with E-state index in [-0.39, 0.29) is 6.04 Å². The van der Waals surface area contributed by atoms with Gasteiger partial charge in [-0.1, -0.05) is 18.2 Å². The van der Waals surface area contributed by atoms with Crippen LogP contribution in [0.1, 0.15) is 21.5 Å². The average Bonchev–Trinajstić information content (AvgIpc) is 2.87. The van der Waals surface area contributed by atoms with Crippen molar-refractivity contribution in [1.82, 2.24) is 10.4 Å². The van der Waals surface area contributed by atoms with Crippen LogP contribution in [0.3, 0.4) is 0 Å². The maximum absolute atomic E-state index is 11.7. The number of methoxy groups -OCH3 is 2. The van der Waals surface area contributed by atoms with E-state index in [4.69, 9.17) is 19.4 Å². The van der Waals surface area contributed by atoms with E-state index in [1.165, 1.54) is 0 Å². The highest BCUT2D eigenvalue weighted by atomic mass is 16.5. The molecule has 1 heterocycles. The van der Waals surface area contributed by atoms with Crippen molar-refractivity contribution in [2.45, 2.75) is 19.1 Å². The third-order valence-electron chi connectivity index (χ3n) is 4.66. The van der Waals surface area contributed by atoms with Gasteiger partial charge >= 0.3 is 0 Å². The standard InChI is InChI=1S/C20H24N2O5/c1-25-12-17-13-27-19-9-15(20(23)21-24)5-6-16(19)11-22(17)10-14-3-7-18(26-2)8-4-14/h3-9,17,24H,10-13H2,1-2H3,(H,21,23). The predicted molar refractivity (Wildman–Crippen MR) is 99.1 cm³/mol. The van der Waals surface area contributed by atoms with Crippen molar-refractivity contribution >= 4 is 5.91 Å². The number of hydrogen-bond acceptors (Lipinski definition) is 6. The van der Waals surface area contributed by atoms with Crippen molar-refractivity contribution in [3.8, 4) is 11.5 Å². The van der Waals surface area contributed by atoms with Gasteiger partial charge in [-0.2, -0.15) is 0 Å². The van der Waals surface area contributed by atoms with Gasteiger partial charge in [0.15, 0.2) is 0 Å². The molecule has 0 fully saturated rings. The summed E-state index contributed by atoms with van der Waals surface area (Å²) in [6.07, 6.45) is 0. The summed E-state index contributed by atoms with van der Waals surface area (Å²) in [7, 11) is 3.32. The number of hydrogen-bond donors (Lipinski definition) is 2. The van der Waals surface area contributed by atoms with E-state index < -0.39 is 5.91 Å². The van der Waals surface area contributed by atoms with Gasteiger partial charge in [-0.25, -0.2) is 5.48 Å². The summed E-state index contributed by atoms with van der Waals surface area (Å²) >= 11 is 0. The van der Waals surface area contributed by atoms with Gasteiger partial charge < -0.3 is 14.2 Å². The summed E-state index contributed by atoms with van der Waals surface area (Å²) in [4.78, 5) is 13.9. The molecule has 0 saturated carbocycles. The molecule has 1 aliphatic rings. The van der Waals surface area contributed by atoms with Gasteiger partial charge in [0.2, 0.25) is 0 Å². The van der Waals surface area contributed by atoms with Crippen LogP contribution in [0, 0.1) is 0 Å². The van der Waals surface area contributed by atoms with Gasteiger partial charge in [0.1, 0.15) is 18.1 Å². The summed E-state index contributed by atoms with van der Waals surface area (Å²) < 4.78 is 16.6. The number of nitrogens with one attached hydrogen (secondary N) is 1. The van der Waals surface area contributed by atoms with E-state index in [0.717, 1.165) is 23.4 Å². The van der Waals surface area contributed by atoms with E-state index in [9.17, 15) is 4.79 Å². The quantitative estimate of drug-likeness (QED) is 0.598. The summed E-state index contributed by atoms with van der Waals surface area (Å²) in [5.74, 6) is 0.912. The fraction of sp³-hybridized carbons (Fsp3) is 0.350. The van der Waals surface area contributed by atoms with Crippen LogP contribution in [-0.4, -0.2) is 49.5 Å². The van der Waals surface area contributed by atoms with Crippen LogP contribution in [0.15, 0.2) is 42.5 Å². The van der Waals surface area contributed by atoms with Crippen LogP contribution >= 0.6 is 0 Å². The van der Waals surface area contributed by atoms with Gasteiger partial charge in [-0.3, -0.25) is 14.9 Å². The molecule has 0 radical (unpaired) electrons. The molecule has 1 aliphatic heterocycles. The zero-order valence-electron chi connectivity index (χ0n) is 15.5. The van der Waals surface area contributed by atoms with Crippen molar-refractivity contribution in [2.24, 2.45) is 0 Å². The zero-order valence-corrected chi connectivity index (χ0v) is 15.5. The first kappa shape index (κ1) is 19.2. The van der Waals surface area contributed by atoms with Gasteiger partial charge in [-0.05, 0) is 29.8 Å². The molecule has 2 aromatic carbocycles. The molecule has 27 heavy (non-hydrogen) atoms. The molecule has 1 unspecified atom stereocenters. The molecule has 1 amide bonds. The van der Waals surface area contributed by atoms with Crippen molar-refractivity contribution in [2.75, 3.05) is 27.4 Å². The van der Waals surface area contributed by atoms with Gasteiger partial charge in [0, 0.05) is 31.3 Å². The fourth-order valence-electron chi connectivity index (χ4n) is 3.16. The lowest BCUT2D eigenvalue weighted by molar-refractivity contribution is 0.0594. The van der Waals surface area contributed by atoms with Crippen LogP contribution in [0.5, 0.6) is 11.5 Å². The number of fused-ring (bicyclic) bond motifs is 1. The highest BCUT2D eigenvalue weighted by Crippen LogP contribution is 2.28. The Bertz CT molecular complexity index is 778. The zero-order chi connectivity index (χ0) is 19.2. The Morgan fingerprint density at radius 2 is 2.04 bits per heavy atom. The monoisotopic (exact) mass is 372 g/mol. The van der Waals surface area contributed by atoms with Crippen molar-refractivity contribution in [3.63, 3.8) is 0 Å². The highest BCUT2D eigenvalue weighted by Gasteiger charge is 2.25. The Hall–Kier alpha value is -2.61. The average molecular weight is 372 g/mol. The largest absolute Gasteiger partial charge is 0.497 e. The van der Waals surface area contributed by atoms with Gasteiger partial charge in [-0.15, -0.1) is 0 Å². The van der Waals surface area contributed by atoms with E-state index in [2.05, 4.69) is 4.90 Å². The lowest BCUT2D eigenvalue weighted by Gasteiger charge is -2.28. The SMILES string of the molecule is COCC1COc2cc(C(=O)NO)ccc2CN1Cc1ccc(OC)cc1. The first-order valence-corrected chi connectivity index (χ1v) is 8.70. The van der Waals surface area contributed by atoms with Crippen molar-refractivity contribution in [3.05, 3.63) is 59.2 Å². The molecular weight excluding hydrogens is 348 g/mol. The molecule has 7 nitrogen and oxygen atoms in total. The smallest absolute Gasteiger partial charge is 0.274 e. The Labute approximate surface area is 158 Å². The predicted octanol–water partition coefficient (Wildman–Crippen LogP) is 2.22. The molecule has 144 valence electrons. The maximum Gasteiger partial charge on any atom is 0.274 e. The van der Waals surface area contributed by atoms with Gasteiger partial charge in [0.25, 0.3) is 5.91 Å². The highest BCUT2D eigenvalue weighted by molar-refractivity contribution is 5.93. The van der Waals surface area contributed by atoms with E-state index in [0.29, 0.717) is 31.1 Å². The summed E-state index contributed by atoms with van der Waals surface area (Å²) in [5.41, 5.74) is 4.15. The second kappa shape index (κ2) is 8.85. The number of rotatable bonds is 6. The molecule has 0 aliphatic carbocycles. The number of carbonyl (C=O) groups is 1. The van der Waals surface area contributed by atoms with Gasteiger partial charge in [0.05, 0.1) is 19.8 Å². The van der Waals surface area contributed by atoms with Crippen LogP contribution in [0.4, 0.5) is 0 Å². The Balaban J connectivity index is 1.83. The molecule has 7 heteroatoms. The summed E-state index contributed by atoms with van der Waals surface area (Å²) in [5, 5.41) is 8.83. The Kier molecular flexibility index (Phi) is 6.28. The second-order valence-corrected chi connectivity index (χ2v) is 6.44. The molecule has 1 atom stereocenters. The Morgan fingerprint density at radius 1 is 1.26 bits per heavy atom. The minimum atomic E-state index is -0.561. The second-order valence-electron chi connectivity index (χ2n) is 6.44. The summed E-state index contributed by atoms with van der Waals surface area (Å²) in [6, 6.07) is 13.2. The van der Waals surface area contributed by atoms with Crippen molar-refractivity contribution in [1.29, 1.82) is 0 Å². The first-order chi connectivity index (χ1) is 13.1. The third kappa shape index (κ3) is 4.57. The minimum absolute atomic E-state index is 0.0691. The molecule has 0 aromatic heterocycles. The number of amides is 1. The fourth-order valence-corrected chi connectivity index (χ4v) is 3.16. The topological polar surface area (TPSA) is 80.3 Å². The Morgan fingerprint density at radius 3 is 2.70 bits per heavy atom. The lowest BCUT2D eigenvalue weighted by atomic mass is 10.1. The molecule has 2 N–H and O–H groups in total. The number of hydroxylamine groups is 1. The number of carbonyl (C=O) groups excluding carboxylic acids is 1. The maximum atomic E-state index is 11.7. The van der Waals surface area contributed by atoms with Crippen LogP contribution in [-0.2, 0) is 17.8 Å². The first-order valence-electron chi connectivity index (χ1n) is 8.70.